The highest BCUT2D eigenvalue weighted by atomic mass is 32.1. The fourth-order valence-corrected chi connectivity index (χ4v) is 2.28. The highest BCUT2D eigenvalue weighted by molar-refractivity contribution is 7.80. The van der Waals surface area contributed by atoms with E-state index >= 15 is 0 Å². The van der Waals surface area contributed by atoms with Crippen molar-refractivity contribution in [2.75, 3.05) is 12.4 Å². The molecule has 2 aromatic rings. The minimum absolute atomic E-state index is 0.0647. The SMILES string of the molecule is COc1ccccc1C(C)NC(=S)Nc1ccccc1. The number of methoxy groups -OCH3 is 1. The first-order chi connectivity index (χ1) is 9.70. The summed E-state index contributed by atoms with van der Waals surface area (Å²) < 4.78 is 5.36. The third kappa shape index (κ3) is 3.71. The maximum Gasteiger partial charge on any atom is 0.171 e. The van der Waals surface area contributed by atoms with Gasteiger partial charge in [-0.2, -0.15) is 0 Å². The van der Waals surface area contributed by atoms with Crippen LogP contribution in [0.5, 0.6) is 5.75 Å². The molecular weight excluding hydrogens is 268 g/mol. The van der Waals surface area contributed by atoms with E-state index in [1.165, 1.54) is 0 Å². The zero-order valence-corrected chi connectivity index (χ0v) is 12.4. The van der Waals surface area contributed by atoms with Crippen molar-refractivity contribution in [2.45, 2.75) is 13.0 Å². The van der Waals surface area contributed by atoms with Crippen LogP contribution < -0.4 is 15.4 Å². The molecule has 1 atom stereocenters. The first-order valence-corrected chi connectivity index (χ1v) is 6.87. The molecule has 0 aromatic heterocycles. The van der Waals surface area contributed by atoms with Gasteiger partial charge in [-0.05, 0) is 37.3 Å². The molecule has 0 amide bonds. The summed E-state index contributed by atoms with van der Waals surface area (Å²) in [6.45, 7) is 2.05. The molecule has 4 heteroatoms. The van der Waals surface area contributed by atoms with Gasteiger partial charge in [0, 0.05) is 11.3 Å². The second-order valence-corrected chi connectivity index (χ2v) is 4.84. The van der Waals surface area contributed by atoms with E-state index in [0.29, 0.717) is 5.11 Å². The summed E-state index contributed by atoms with van der Waals surface area (Å²) in [6.07, 6.45) is 0. The minimum atomic E-state index is 0.0647. The summed E-state index contributed by atoms with van der Waals surface area (Å²) in [7, 11) is 1.67. The summed E-state index contributed by atoms with van der Waals surface area (Å²) in [5.74, 6) is 0.856. The lowest BCUT2D eigenvalue weighted by Gasteiger charge is -2.19. The number of nitrogens with one attached hydrogen (secondary N) is 2. The van der Waals surface area contributed by atoms with Gasteiger partial charge in [0.15, 0.2) is 5.11 Å². The lowest BCUT2D eigenvalue weighted by atomic mass is 10.1. The van der Waals surface area contributed by atoms with E-state index in [1.807, 2.05) is 54.6 Å². The fraction of sp³-hybridized carbons (Fsp3) is 0.188. The zero-order valence-electron chi connectivity index (χ0n) is 11.6. The fourth-order valence-electron chi connectivity index (χ4n) is 1.99. The highest BCUT2D eigenvalue weighted by Gasteiger charge is 2.11. The number of hydrogen-bond donors (Lipinski definition) is 2. The molecule has 20 heavy (non-hydrogen) atoms. The van der Waals surface area contributed by atoms with Crippen LogP contribution in [0.1, 0.15) is 18.5 Å². The van der Waals surface area contributed by atoms with Gasteiger partial charge in [0.25, 0.3) is 0 Å². The molecule has 0 aliphatic heterocycles. The molecule has 0 spiro atoms. The third-order valence-corrected chi connectivity index (χ3v) is 3.20. The van der Waals surface area contributed by atoms with Crippen molar-refractivity contribution in [3.8, 4) is 5.75 Å². The Labute approximate surface area is 125 Å². The normalized spacial score (nSPS) is 11.5. The molecule has 2 N–H and O–H groups in total. The lowest BCUT2D eigenvalue weighted by molar-refractivity contribution is 0.405. The van der Waals surface area contributed by atoms with E-state index in [0.717, 1.165) is 17.0 Å². The van der Waals surface area contributed by atoms with Gasteiger partial charge in [0.05, 0.1) is 13.2 Å². The van der Waals surface area contributed by atoms with Gasteiger partial charge in [-0.25, -0.2) is 0 Å². The molecule has 0 bridgehead atoms. The van der Waals surface area contributed by atoms with Crippen molar-refractivity contribution in [3.05, 3.63) is 60.2 Å². The number of hydrogen-bond acceptors (Lipinski definition) is 2. The van der Waals surface area contributed by atoms with E-state index in [2.05, 4.69) is 17.6 Å². The Bertz CT molecular complexity index is 572. The Morgan fingerprint density at radius 2 is 1.70 bits per heavy atom. The first-order valence-electron chi connectivity index (χ1n) is 6.46. The van der Waals surface area contributed by atoms with E-state index in [1.54, 1.807) is 7.11 Å². The summed E-state index contributed by atoms with van der Waals surface area (Å²) in [4.78, 5) is 0. The molecule has 0 aliphatic carbocycles. The molecule has 0 aliphatic rings. The Hall–Kier alpha value is -2.07. The van der Waals surface area contributed by atoms with Gasteiger partial charge in [0.2, 0.25) is 0 Å². The quantitative estimate of drug-likeness (QED) is 0.839. The average Bonchev–Trinajstić information content (AvgIpc) is 2.48. The predicted octanol–water partition coefficient (Wildman–Crippen LogP) is 3.74. The standard InChI is InChI=1S/C16H18N2OS/c1-12(14-10-6-7-11-15(14)19-2)17-16(20)18-13-8-4-3-5-9-13/h3-12H,1-2H3,(H2,17,18,20). The van der Waals surface area contributed by atoms with E-state index in [-0.39, 0.29) is 6.04 Å². The number of rotatable bonds is 4. The molecule has 0 radical (unpaired) electrons. The molecule has 0 saturated carbocycles. The first kappa shape index (κ1) is 14.3. The smallest absolute Gasteiger partial charge is 0.171 e. The molecule has 3 nitrogen and oxygen atoms in total. The summed E-state index contributed by atoms with van der Waals surface area (Å²) >= 11 is 5.33. The van der Waals surface area contributed by atoms with Crippen molar-refractivity contribution in [1.29, 1.82) is 0 Å². The molecule has 0 fully saturated rings. The van der Waals surface area contributed by atoms with Crippen molar-refractivity contribution in [1.82, 2.24) is 5.32 Å². The molecular formula is C16H18N2OS. The Morgan fingerprint density at radius 3 is 2.40 bits per heavy atom. The topological polar surface area (TPSA) is 33.3 Å². The molecule has 2 aromatic carbocycles. The monoisotopic (exact) mass is 286 g/mol. The maximum absolute atomic E-state index is 5.36. The van der Waals surface area contributed by atoms with Gasteiger partial charge >= 0.3 is 0 Å². The predicted molar refractivity (Wildman–Crippen MR) is 87.2 cm³/mol. The van der Waals surface area contributed by atoms with Crippen molar-refractivity contribution in [3.63, 3.8) is 0 Å². The third-order valence-electron chi connectivity index (χ3n) is 2.98. The lowest BCUT2D eigenvalue weighted by Crippen LogP contribution is -2.31. The average molecular weight is 286 g/mol. The molecule has 0 saturated heterocycles. The van der Waals surface area contributed by atoms with Crippen LogP contribution >= 0.6 is 12.2 Å². The Balaban J connectivity index is 2.00. The van der Waals surface area contributed by atoms with Crippen LogP contribution in [-0.4, -0.2) is 12.2 Å². The van der Waals surface area contributed by atoms with E-state index in [9.17, 15) is 0 Å². The summed E-state index contributed by atoms with van der Waals surface area (Å²) in [5, 5.41) is 7.01. The number of thiocarbonyl (C=S) groups is 1. The van der Waals surface area contributed by atoms with E-state index in [4.69, 9.17) is 17.0 Å². The second kappa shape index (κ2) is 6.91. The van der Waals surface area contributed by atoms with Crippen LogP contribution in [0.25, 0.3) is 0 Å². The molecule has 1 unspecified atom stereocenters. The number of para-hydroxylation sites is 2. The van der Waals surface area contributed by atoms with Crippen LogP contribution in [0.4, 0.5) is 5.69 Å². The van der Waals surface area contributed by atoms with Gasteiger partial charge in [-0.15, -0.1) is 0 Å². The Morgan fingerprint density at radius 1 is 1.05 bits per heavy atom. The van der Waals surface area contributed by atoms with Crippen LogP contribution in [0.15, 0.2) is 54.6 Å². The highest BCUT2D eigenvalue weighted by Crippen LogP contribution is 2.24. The Kier molecular flexibility index (Phi) is 4.96. The van der Waals surface area contributed by atoms with Crippen molar-refractivity contribution < 1.29 is 4.74 Å². The van der Waals surface area contributed by atoms with Gasteiger partial charge < -0.3 is 15.4 Å². The van der Waals surface area contributed by atoms with Crippen LogP contribution in [0, 0.1) is 0 Å². The molecule has 0 heterocycles. The number of anilines is 1. The van der Waals surface area contributed by atoms with Gasteiger partial charge in [-0.3, -0.25) is 0 Å². The largest absolute Gasteiger partial charge is 0.496 e. The van der Waals surface area contributed by atoms with Crippen LogP contribution in [0.2, 0.25) is 0 Å². The molecule has 104 valence electrons. The second-order valence-electron chi connectivity index (χ2n) is 4.43. The summed E-state index contributed by atoms with van der Waals surface area (Å²) in [6, 6.07) is 17.8. The van der Waals surface area contributed by atoms with Crippen molar-refractivity contribution >= 4 is 23.0 Å². The van der Waals surface area contributed by atoms with Crippen LogP contribution in [-0.2, 0) is 0 Å². The van der Waals surface area contributed by atoms with Gasteiger partial charge in [-0.1, -0.05) is 36.4 Å². The summed E-state index contributed by atoms with van der Waals surface area (Å²) in [5.41, 5.74) is 2.05. The number of benzene rings is 2. The minimum Gasteiger partial charge on any atom is -0.496 e. The van der Waals surface area contributed by atoms with E-state index < -0.39 is 0 Å². The van der Waals surface area contributed by atoms with Crippen molar-refractivity contribution in [2.24, 2.45) is 0 Å². The molecule has 2 rings (SSSR count). The zero-order chi connectivity index (χ0) is 14.4. The number of ether oxygens (including phenoxy) is 1. The van der Waals surface area contributed by atoms with Crippen LogP contribution in [0.3, 0.4) is 0 Å². The maximum atomic E-state index is 5.36. The van der Waals surface area contributed by atoms with Gasteiger partial charge in [0.1, 0.15) is 5.75 Å².